The topological polar surface area (TPSA) is 79.0 Å². The first-order valence-electron chi connectivity index (χ1n) is 10.9. The highest BCUT2D eigenvalue weighted by Crippen LogP contribution is 2.25. The van der Waals surface area contributed by atoms with Gasteiger partial charge in [-0.3, -0.25) is 4.79 Å². The van der Waals surface area contributed by atoms with Crippen molar-refractivity contribution in [3.63, 3.8) is 0 Å². The molecule has 7 nitrogen and oxygen atoms in total. The van der Waals surface area contributed by atoms with Crippen LogP contribution in [0, 0.1) is 5.92 Å². The third-order valence-electron chi connectivity index (χ3n) is 5.94. The Morgan fingerprint density at radius 2 is 1.67 bits per heavy atom. The van der Waals surface area contributed by atoms with Crippen molar-refractivity contribution in [3.05, 3.63) is 24.3 Å². The summed E-state index contributed by atoms with van der Waals surface area (Å²) in [5, 5.41) is 2.58. The summed E-state index contributed by atoms with van der Waals surface area (Å²) in [5.74, 6) is 0.209. The molecule has 8 heteroatoms. The smallest absolute Gasteiger partial charge is 0.224 e. The summed E-state index contributed by atoms with van der Waals surface area (Å²) in [4.78, 5) is 14.8. The Morgan fingerprint density at radius 1 is 1.10 bits per heavy atom. The van der Waals surface area contributed by atoms with E-state index in [-0.39, 0.29) is 24.0 Å². The molecule has 2 atom stereocenters. The maximum absolute atomic E-state index is 12.5. The summed E-state index contributed by atoms with van der Waals surface area (Å²) in [6.07, 6.45) is 2.29. The third-order valence-corrected chi connectivity index (χ3v) is 8.22. The van der Waals surface area contributed by atoms with Gasteiger partial charge in [-0.1, -0.05) is 0 Å². The monoisotopic (exact) mass is 437 g/mol. The van der Waals surface area contributed by atoms with Gasteiger partial charge >= 0.3 is 0 Å². The van der Waals surface area contributed by atoms with E-state index in [1.807, 2.05) is 24.3 Å². The quantitative estimate of drug-likeness (QED) is 0.740. The summed E-state index contributed by atoms with van der Waals surface area (Å²) in [5.41, 5.74) is 1.92. The van der Waals surface area contributed by atoms with Crippen molar-refractivity contribution in [3.8, 4) is 0 Å². The van der Waals surface area contributed by atoms with Crippen LogP contribution in [0.15, 0.2) is 24.3 Å². The number of ether oxygens (including phenoxy) is 1. The van der Waals surface area contributed by atoms with Gasteiger partial charge in [0.25, 0.3) is 0 Å². The number of nitrogens with zero attached hydrogens (tertiary/aromatic N) is 2. The van der Waals surface area contributed by atoms with Gasteiger partial charge in [0.15, 0.2) is 0 Å². The average Bonchev–Trinajstić information content (AvgIpc) is 2.68. The van der Waals surface area contributed by atoms with Gasteiger partial charge in [-0.25, -0.2) is 12.7 Å². The van der Waals surface area contributed by atoms with E-state index in [0.717, 1.165) is 37.3 Å². The summed E-state index contributed by atoms with van der Waals surface area (Å²) < 4.78 is 31.9. The van der Waals surface area contributed by atoms with E-state index in [0.29, 0.717) is 19.5 Å². The number of nitrogens with one attached hydrogen (secondary N) is 1. The van der Waals surface area contributed by atoms with Crippen LogP contribution in [0.2, 0.25) is 0 Å². The second-order valence-electron chi connectivity index (χ2n) is 8.90. The van der Waals surface area contributed by atoms with Crippen LogP contribution < -0.4 is 10.2 Å². The van der Waals surface area contributed by atoms with Crippen molar-refractivity contribution >= 4 is 27.3 Å². The molecule has 2 aliphatic rings. The van der Waals surface area contributed by atoms with Gasteiger partial charge in [0.2, 0.25) is 15.9 Å². The number of anilines is 2. The first-order chi connectivity index (χ1) is 14.1. The van der Waals surface area contributed by atoms with E-state index < -0.39 is 15.3 Å². The van der Waals surface area contributed by atoms with Crippen molar-refractivity contribution < 1.29 is 17.9 Å². The van der Waals surface area contributed by atoms with E-state index in [2.05, 4.69) is 24.1 Å². The predicted octanol–water partition coefficient (Wildman–Crippen LogP) is 3.08. The minimum Gasteiger partial charge on any atom is -0.372 e. The molecule has 1 aromatic rings. The molecule has 30 heavy (non-hydrogen) atoms. The molecule has 1 aromatic carbocycles. The van der Waals surface area contributed by atoms with Gasteiger partial charge in [0, 0.05) is 44.0 Å². The number of carbonyl (C=O) groups is 1. The van der Waals surface area contributed by atoms with Crippen LogP contribution in [0.25, 0.3) is 0 Å². The summed E-state index contributed by atoms with van der Waals surface area (Å²) in [6.45, 7) is 10.3. The second-order valence-corrected chi connectivity index (χ2v) is 11.4. The van der Waals surface area contributed by atoms with Crippen molar-refractivity contribution in [1.29, 1.82) is 0 Å². The molecule has 0 radical (unpaired) electrons. The Bertz CT molecular complexity index is 807. The number of benzene rings is 1. The Balaban J connectivity index is 1.48. The van der Waals surface area contributed by atoms with Gasteiger partial charge in [-0.2, -0.15) is 0 Å². The highest BCUT2D eigenvalue weighted by molar-refractivity contribution is 7.89. The Morgan fingerprint density at radius 3 is 2.20 bits per heavy atom. The molecule has 2 heterocycles. The molecule has 168 valence electrons. The molecule has 1 amide bonds. The first-order valence-corrected chi connectivity index (χ1v) is 12.4. The standard InChI is InChI=1S/C22H35N3O4S/c1-16(2)30(27,28)25-11-9-19(10-12-25)13-22(26)23-20-5-7-21(8-6-20)24-14-17(3)29-18(4)15-24/h5-8,16-19H,9-15H2,1-4H3,(H,23,26)/t17-,18+. The molecule has 2 saturated heterocycles. The first kappa shape index (κ1) is 23.0. The molecule has 2 aliphatic heterocycles. The minimum atomic E-state index is -3.20. The third kappa shape index (κ3) is 5.74. The van der Waals surface area contributed by atoms with Crippen molar-refractivity contribution in [2.45, 2.75) is 64.4 Å². The van der Waals surface area contributed by atoms with E-state index in [4.69, 9.17) is 4.74 Å². The van der Waals surface area contributed by atoms with Crippen LogP contribution >= 0.6 is 0 Å². The maximum Gasteiger partial charge on any atom is 0.224 e. The van der Waals surface area contributed by atoms with Crippen LogP contribution in [0.5, 0.6) is 0 Å². The number of sulfonamides is 1. The normalized spacial score (nSPS) is 24.2. The molecule has 1 N–H and O–H groups in total. The van der Waals surface area contributed by atoms with E-state index in [1.54, 1.807) is 18.2 Å². The number of carbonyl (C=O) groups excluding carboxylic acids is 1. The van der Waals surface area contributed by atoms with Crippen molar-refractivity contribution in [1.82, 2.24) is 4.31 Å². The largest absolute Gasteiger partial charge is 0.372 e. The molecule has 0 unspecified atom stereocenters. The molecule has 0 saturated carbocycles. The lowest BCUT2D eigenvalue weighted by atomic mass is 9.94. The Labute approximate surface area is 180 Å². The lowest BCUT2D eigenvalue weighted by Crippen LogP contribution is -2.45. The van der Waals surface area contributed by atoms with E-state index in [1.165, 1.54) is 0 Å². The second kappa shape index (κ2) is 9.66. The summed E-state index contributed by atoms with van der Waals surface area (Å²) in [6, 6.07) is 7.96. The van der Waals surface area contributed by atoms with Crippen LogP contribution in [0.1, 0.15) is 47.0 Å². The number of piperidine rings is 1. The SMILES string of the molecule is CC(C)S(=O)(=O)N1CCC(CC(=O)Nc2ccc(N3C[C@@H](C)O[C@@H](C)C3)cc2)CC1. The minimum absolute atomic E-state index is 0.0125. The highest BCUT2D eigenvalue weighted by Gasteiger charge is 2.30. The zero-order valence-electron chi connectivity index (χ0n) is 18.5. The highest BCUT2D eigenvalue weighted by atomic mass is 32.2. The predicted molar refractivity (Wildman–Crippen MR) is 120 cm³/mol. The Hall–Kier alpha value is -1.64. The zero-order valence-corrected chi connectivity index (χ0v) is 19.3. The van der Waals surface area contributed by atoms with E-state index >= 15 is 0 Å². The fourth-order valence-corrected chi connectivity index (χ4v) is 5.60. The zero-order chi connectivity index (χ0) is 21.9. The molecular formula is C22H35N3O4S. The number of morpholine rings is 1. The van der Waals surface area contributed by atoms with Crippen LogP contribution in [0.4, 0.5) is 11.4 Å². The van der Waals surface area contributed by atoms with Crippen LogP contribution in [0.3, 0.4) is 0 Å². The van der Waals surface area contributed by atoms with Crippen molar-refractivity contribution in [2.24, 2.45) is 5.92 Å². The fourth-order valence-electron chi connectivity index (χ4n) is 4.28. The number of rotatable bonds is 6. The lowest BCUT2D eigenvalue weighted by Gasteiger charge is -2.36. The van der Waals surface area contributed by atoms with Crippen molar-refractivity contribution in [2.75, 3.05) is 36.4 Å². The average molecular weight is 438 g/mol. The summed E-state index contributed by atoms with van der Waals surface area (Å²) >= 11 is 0. The molecule has 0 aliphatic carbocycles. The van der Waals surface area contributed by atoms with Crippen LogP contribution in [-0.2, 0) is 19.6 Å². The lowest BCUT2D eigenvalue weighted by molar-refractivity contribution is -0.117. The number of amides is 1. The molecular weight excluding hydrogens is 402 g/mol. The number of hydrogen-bond donors (Lipinski definition) is 1. The van der Waals surface area contributed by atoms with Gasteiger partial charge in [-0.15, -0.1) is 0 Å². The number of hydrogen-bond acceptors (Lipinski definition) is 5. The maximum atomic E-state index is 12.5. The van der Waals surface area contributed by atoms with E-state index in [9.17, 15) is 13.2 Å². The molecule has 0 aromatic heterocycles. The van der Waals surface area contributed by atoms with Gasteiger partial charge in [0.05, 0.1) is 17.5 Å². The van der Waals surface area contributed by atoms with Gasteiger partial charge in [0.1, 0.15) is 0 Å². The van der Waals surface area contributed by atoms with Gasteiger partial charge < -0.3 is 15.0 Å². The summed E-state index contributed by atoms with van der Waals surface area (Å²) in [7, 11) is -3.20. The fraction of sp³-hybridized carbons (Fsp3) is 0.682. The van der Waals surface area contributed by atoms with Gasteiger partial charge in [-0.05, 0) is 70.7 Å². The molecule has 3 rings (SSSR count). The molecule has 2 fully saturated rings. The van der Waals surface area contributed by atoms with Crippen LogP contribution in [-0.4, -0.2) is 62.3 Å². The Kier molecular flexibility index (Phi) is 7.42. The molecule has 0 bridgehead atoms. The molecule has 0 spiro atoms.